The normalized spacial score (nSPS) is 18.0. The third-order valence-electron chi connectivity index (χ3n) is 5.35. The van der Waals surface area contributed by atoms with Gasteiger partial charge in [0.1, 0.15) is 10.8 Å². The van der Waals surface area contributed by atoms with Gasteiger partial charge >= 0.3 is 5.69 Å². The number of halogens is 1. The number of nitrogens with one attached hydrogen (secondary N) is 1. The van der Waals surface area contributed by atoms with Gasteiger partial charge in [-0.3, -0.25) is 9.36 Å². The van der Waals surface area contributed by atoms with Crippen molar-refractivity contribution >= 4 is 17.7 Å². The Labute approximate surface area is 172 Å². The van der Waals surface area contributed by atoms with Crippen molar-refractivity contribution in [2.75, 3.05) is 12.4 Å². The van der Waals surface area contributed by atoms with Gasteiger partial charge in [-0.1, -0.05) is 23.9 Å². The van der Waals surface area contributed by atoms with E-state index >= 15 is 0 Å². The van der Waals surface area contributed by atoms with E-state index in [1.165, 1.54) is 23.9 Å². The van der Waals surface area contributed by atoms with Gasteiger partial charge < -0.3 is 10.1 Å². The van der Waals surface area contributed by atoms with Crippen LogP contribution in [0.1, 0.15) is 36.1 Å². The zero-order valence-electron chi connectivity index (χ0n) is 16.2. The molecule has 0 radical (unpaired) electrons. The summed E-state index contributed by atoms with van der Waals surface area (Å²) in [4.78, 5) is 29.1. The first-order chi connectivity index (χ1) is 14.1. The third kappa shape index (κ3) is 4.87. The summed E-state index contributed by atoms with van der Waals surface area (Å²) in [7, 11) is 0. The number of rotatable bonds is 7. The van der Waals surface area contributed by atoms with Crippen molar-refractivity contribution in [3.05, 3.63) is 57.4 Å². The predicted molar refractivity (Wildman–Crippen MR) is 108 cm³/mol. The molecule has 1 fully saturated rings. The highest BCUT2D eigenvalue weighted by atomic mass is 32.2. The van der Waals surface area contributed by atoms with Crippen LogP contribution >= 0.6 is 11.8 Å². The Hall–Kier alpha value is -2.19. The fourth-order valence-corrected chi connectivity index (χ4v) is 4.78. The summed E-state index contributed by atoms with van der Waals surface area (Å²) in [6.07, 6.45) is 4.85. The molecule has 1 aromatic carbocycles. The number of nitrogens with zero attached hydrogens (tertiary/aromatic N) is 2. The van der Waals surface area contributed by atoms with Crippen LogP contribution in [-0.4, -0.2) is 33.9 Å². The van der Waals surface area contributed by atoms with Crippen LogP contribution in [0.15, 0.2) is 34.1 Å². The van der Waals surface area contributed by atoms with Gasteiger partial charge in [0.15, 0.2) is 0 Å². The molecule has 0 spiro atoms. The van der Waals surface area contributed by atoms with E-state index in [1.807, 2.05) is 0 Å². The summed E-state index contributed by atoms with van der Waals surface area (Å²) in [5.74, 6) is -0.253. The number of fused-ring (bicyclic) bond motifs is 1. The highest BCUT2D eigenvalue weighted by Gasteiger charge is 2.25. The van der Waals surface area contributed by atoms with E-state index in [1.54, 1.807) is 16.7 Å². The lowest BCUT2D eigenvalue weighted by molar-refractivity contribution is -0.118. The van der Waals surface area contributed by atoms with Gasteiger partial charge in [0.05, 0.1) is 18.4 Å². The molecule has 4 rings (SSSR count). The Morgan fingerprint density at radius 2 is 2.10 bits per heavy atom. The summed E-state index contributed by atoms with van der Waals surface area (Å²) >= 11 is 1.31. The molecule has 29 heavy (non-hydrogen) atoms. The minimum absolute atomic E-state index is 0.0925. The maximum Gasteiger partial charge on any atom is 0.348 e. The van der Waals surface area contributed by atoms with Crippen LogP contribution in [0.4, 0.5) is 4.39 Å². The Balaban J connectivity index is 1.39. The zero-order valence-corrected chi connectivity index (χ0v) is 17.0. The van der Waals surface area contributed by atoms with Crippen LogP contribution in [0.5, 0.6) is 0 Å². The molecule has 2 aromatic rings. The van der Waals surface area contributed by atoms with Gasteiger partial charge in [-0.15, -0.1) is 0 Å². The Kier molecular flexibility index (Phi) is 6.30. The largest absolute Gasteiger partial charge is 0.376 e. The average molecular weight is 418 g/mol. The minimum Gasteiger partial charge on any atom is -0.376 e. The van der Waals surface area contributed by atoms with Crippen LogP contribution in [0.3, 0.4) is 0 Å². The number of hydrogen-bond donors (Lipinski definition) is 1. The Morgan fingerprint density at radius 3 is 2.86 bits per heavy atom. The summed E-state index contributed by atoms with van der Waals surface area (Å²) < 4.78 is 20.4. The van der Waals surface area contributed by atoms with Crippen LogP contribution in [0.25, 0.3) is 0 Å². The molecule has 1 amide bonds. The maximum absolute atomic E-state index is 12.9. The molecule has 6 nitrogen and oxygen atoms in total. The minimum atomic E-state index is -0.301. The molecular weight excluding hydrogens is 393 g/mol. The number of thioether (sulfide) groups is 1. The van der Waals surface area contributed by atoms with Gasteiger partial charge in [-0.25, -0.2) is 9.18 Å². The van der Waals surface area contributed by atoms with Crippen molar-refractivity contribution in [2.45, 2.75) is 56.3 Å². The smallest absolute Gasteiger partial charge is 0.348 e. The summed E-state index contributed by atoms with van der Waals surface area (Å²) in [6.45, 7) is 1.67. The van der Waals surface area contributed by atoms with Crippen molar-refractivity contribution in [2.24, 2.45) is 0 Å². The molecule has 0 bridgehead atoms. The van der Waals surface area contributed by atoms with Gasteiger partial charge in [-0.05, 0) is 49.8 Å². The zero-order chi connectivity index (χ0) is 20.2. The SMILES string of the molecule is O=C(CSc1nc(=O)n(C[C@H]2CCCO2)c2c1CCC2)NCc1ccc(F)cc1. The number of ether oxygens (including phenoxy) is 1. The fraction of sp³-hybridized carbons (Fsp3) is 0.476. The van der Waals surface area contributed by atoms with Crippen molar-refractivity contribution in [3.8, 4) is 0 Å². The molecule has 154 valence electrons. The van der Waals surface area contributed by atoms with Crippen LogP contribution in [0, 0.1) is 5.82 Å². The molecule has 2 heterocycles. The summed E-state index contributed by atoms with van der Waals surface area (Å²) in [5.41, 5.74) is 2.73. The molecule has 8 heteroatoms. The summed E-state index contributed by atoms with van der Waals surface area (Å²) in [5, 5.41) is 3.49. The molecule has 1 saturated heterocycles. The monoisotopic (exact) mass is 417 g/mol. The van der Waals surface area contributed by atoms with E-state index < -0.39 is 0 Å². The molecule has 1 atom stereocenters. The van der Waals surface area contributed by atoms with Crippen molar-refractivity contribution < 1.29 is 13.9 Å². The quantitative estimate of drug-likeness (QED) is 0.553. The van der Waals surface area contributed by atoms with E-state index in [9.17, 15) is 14.0 Å². The summed E-state index contributed by atoms with van der Waals surface area (Å²) in [6, 6.07) is 6.03. The molecule has 1 aliphatic carbocycles. The Bertz CT molecular complexity index is 939. The molecule has 2 aliphatic rings. The van der Waals surface area contributed by atoms with E-state index in [0.717, 1.165) is 55.5 Å². The molecular formula is C21H24FN3O3S. The Morgan fingerprint density at radius 1 is 1.28 bits per heavy atom. The molecule has 1 aliphatic heterocycles. The highest BCUT2D eigenvalue weighted by molar-refractivity contribution is 7.99. The standard InChI is InChI=1S/C21H24FN3O3S/c22-15-8-6-14(7-9-15)11-23-19(26)13-29-20-17-4-1-5-18(17)25(21(27)24-20)12-16-3-2-10-28-16/h6-9,16H,1-5,10-13H2,(H,23,26)/t16-/m1/s1. The van der Waals surface area contributed by atoms with Crippen molar-refractivity contribution in [1.82, 2.24) is 14.9 Å². The second-order valence-corrected chi connectivity index (χ2v) is 8.38. The van der Waals surface area contributed by atoms with Gasteiger partial charge in [0, 0.05) is 24.4 Å². The number of benzene rings is 1. The van der Waals surface area contributed by atoms with Crippen molar-refractivity contribution in [3.63, 3.8) is 0 Å². The average Bonchev–Trinajstić information content (AvgIpc) is 3.40. The molecule has 0 saturated carbocycles. The fourth-order valence-electron chi connectivity index (χ4n) is 3.87. The number of amides is 1. The van der Waals surface area contributed by atoms with E-state index in [-0.39, 0.29) is 29.3 Å². The first-order valence-corrected chi connectivity index (χ1v) is 11.0. The second-order valence-electron chi connectivity index (χ2n) is 7.42. The van der Waals surface area contributed by atoms with Crippen LogP contribution < -0.4 is 11.0 Å². The number of aromatic nitrogens is 2. The van der Waals surface area contributed by atoms with E-state index in [2.05, 4.69) is 10.3 Å². The lowest BCUT2D eigenvalue weighted by Crippen LogP contribution is -2.32. The van der Waals surface area contributed by atoms with Crippen LogP contribution in [-0.2, 0) is 35.5 Å². The molecule has 0 unspecified atom stereocenters. The highest BCUT2D eigenvalue weighted by Crippen LogP contribution is 2.29. The number of hydrogen-bond acceptors (Lipinski definition) is 5. The molecule has 1 aromatic heterocycles. The van der Waals surface area contributed by atoms with Gasteiger partial charge in [-0.2, -0.15) is 4.98 Å². The molecule has 1 N–H and O–H groups in total. The number of carbonyl (C=O) groups excluding carboxylic acids is 1. The van der Waals surface area contributed by atoms with Crippen LogP contribution in [0.2, 0.25) is 0 Å². The lowest BCUT2D eigenvalue weighted by atomic mass is 10.2. The maximum atomic E-state index is 12.9. The van der Waals surface area contributed by atoms with Gasteiger partial charge in [0.2, 0.25) is 5.91 Å². The van der Waals surface area contributed by atoms with E-state index in [0.29, 0.717) is 18.1 Å². The lowest BCUT2D eigenvalue weighted by Gasteiger charge is -2.17. The van der Waals surface area contributed by atoms with E-state index in [4.69, 9.17) is 4.74 Å². The van der Waals surface area contributed by atoms with Gasteiger partial charge in [0.25, 0.3) is 0 Å². The predicted octanol–water partition coefficient (Wildman–Crippen LogP) is 2.46. The van der Waals surface area contributed by atoms with Crippen molar-refractivity contribution in [1.29, 1.82) is 0 Å². The third-order valence-corrected chi connectivity index (χ3v) is 6.37. The first kappa shape index (κ1) is 20.1. The topological polar surface area (TPSA) is 73.2 Å². The first-order valence-electron chi connectivity index (χ1n) is 9.98. The second kappa shape index (κ2) is 9.09. The number of carbonyl (C=O) groups is 1.